The highest BCUT2D eigenvalue weighted by atomic mass is 35.5. The zero-order valence-electron chi connectivity index (χ0n) is 9.61. The van der Waals surface area contributed by atoms with Gasteiger partial charge in [-0.05, 0) is 24.6 Å². The predicted molar refractivity (Wildman–Crippen MR) is 69.5 cm³/mol. The van der Waals surface area contributed by atoms with E-state index in [-0.39, 0.29) is 5.91 Å². The van der Waals surface area contributed by atoms with Crippen LogP contribution in [-0.4, -0.2) is 17.0 Å². The first-order valence-corrected chi connectivity index (χ1v) is 6.09. The van der Waals surface area contributed by atoms with Crippen LogP contribution in [0.2, 0.25) is 5.02 Å². The fraction of sp³-hybridized carbons (Fsp3) is 0.308. The smallest absolute Gasteiger partial charge is 0.227 e. The van der Waals surface area contributed by atoms with Crippen LogP contribution in [0, 0.1) is 0 Å². The molecule has 1 amide bonds. The van der Waals surface area contributed by atoms with Gasteiger partial charge in [0.15, 0.2) is 0 Å². The molecule has 0 bridgehead atoms. The minimum absolute atomic E-state index is 0.206. The number of rotatable bonds is 1. The van der Waals surface area contributed by atoms with Gasteiger partial charge in [0.1, 0.15) is 0 Å². The highest BCUT2D eigenvalue weighted by molar-refractivity contribution is 6.31. The molecule has 0 saturated carbocycles. The summed E-state index contributed by atoms with van der Waals surface area (Å²) in [5, 5.41) is 1.76. The predicted octanol–water partition coefficient (Wildman–Crippen LogP) is 2.96. The van der Waals surface area contributed by atoms with Gasteiger partial charge in [-0.2, -0.15) is 0 Å². The van der Waals surface area contributed by atoms with Crippen LogP contribution < -0.4 is 4.90 Å². The molecule has 0 N–H and O–H groups in total. The highest BCUT2D eigenvalue weighted by Gasteiger charge is 2.24. The van der Waals surface area contributed by atoms with Gasteiger partial charge in [-0.15, -0.1) is 0 Å². The molecule has 1 aromatic heterocycles. The molecule has 3 rings (SSSR count). The van der Waals surface area contributed by atoms with E-state index in [4.69, 9.17) is 11.6 Å². The van der Waals surface area contributed by atoms with Gasteiger partial charge in [-0.1, -0.05) is 11.6 Å². The summed E-state index contributed by atoms with van der Waals surface area (Å²) in [6.45, 7) is 0.810. The number of carbonyl (C=O) groups excluding carboxylic acids is 1. The molecule has 88 valence electrons. The molecule has 1 aromatic carbocycles. The van der Waals surface area contributed by atoms with Gasteiger partial charge in [0, 0.05) is 36.6 Å². The van der Waals surface area contributed by atoms with Crippen molar-refractivity contribution in [2.45, 2.75) is 12.8 Å². The van der Waals surface area contributed by atoms with Gasteiger partial charge in [-0.3, -0.25) is 4.79 Å². The lowest BCUT2D eigenvalue weighted by atomic mass is 10.2. The third-order valence-corrected chi connectivity index (χ3v) is 3.53. The maximum absolute atomic E-state index is 11.8. The minimum Gasteiger partial charge on any atom is -0.348 e. The number of nitrogens with zero attached hydrogens (tertiary/aromatic N) is 2. The van der Waals surface area contributed by atoms with Crippen molar-refractivity contribution in [3.05, 3.63) is 29.4 Å². The average Bonchev–Trinajstić information content (AvgIpc) is 2.83. The Bertz CT molecular complexity index is 603. The van der Waals surface area contributed by atoms with Crippen molar-refractivity contribution in [1.82, 2.24) is 4.57 Å². The monoisotopic (exact) mass is 248 g/mol. The fourth-order valence-corrected chi connectivity index (χ4v) is 2.63. The number of benzene rings is 1. The van der Waals surface area contributed by atoms with Crippen LogP contribution in [-0.2, 0) is 11.8 Å². The molecule has 3 nitrogen and oxygen atoms in total. The molecule has 0 spiro atoms. The first-order chi connectivity index (χ1) is 8.16. The van der Waals surface area contributed by atoms with Crippen LogP contribution in [0.1, 0.15) is 12.8 Å². The van der Waals surface area contributed by atoms with E-state index >= 15 is 0 Å². The average molecular weight is 249 g/mol. The van der Waals surface area contributed by atoms with E-state index < -0.39 is 0 Å². The molecule has 0 radical (unpaired) electrons. The number of aromatic nitrogens is 1. The molecule has 1 saturated heterocycles. The second kappa shape index (κ2) is 3.77. The summed E-state index contributed by atoms with van der Waals surface area (Å²) >= 11 is 6.03. The molecule has 1 aliphatic heterocycles. The van der Waals surface area contributed by atoms with Crippen molar-refractivity contribution in [2.75, 3.05) is 11.4 Å². The van der Waals surface area contributed by atoms with Crippen molar-refractivity contribution >= 4 is 34.1 Å². The standard InChI is InChI=1S/C13H13ClN2O/c1-15-8-12(16-6-2-3-13(16)17)10-7-9(14)4-5-11(10)15/h4-5,7-8H,2-3,6H2,1H3. The molecule has 1 aliphatic rings. The molecule has 2 heterocycles. The van der Waals surface area contributed by atoms with Crippen LogP contribution in [0.25, 0.3) is 10.9 Å². The molecule has 1 fully saturated rings. The van der Waals surface area contributed by atoms with Crippen LogP contribution >= 0.6 is 11.6 Å². The van der Waals surface area contributed by atoms with Crippen LogP contribution in [0.3, 0.4) is 0 Å². The lowest BCUT2D eigenvalue weighted by molar-refractivity contribution is -0.117. The number of carbonyl (C=O) groups is 1. The van der Waals surface area contributed by atoms with Gasteiger partial charge in [-0.25, -0.2) is 0 Å². The summed E-state index contributed by atoms with van der Waals surface area (Å²) in [6, 6.07) is 5.79. The minimum atomic E-state index is 0.206. The number of fused-ring (bicyclic) bond motifs is 1. The number of amides is 1. The highest BCUT2D eigenvalue weighted by Crippen LogP contribution is 2.33. The normalized spacial score (nSPS) is 16.1. The summed E-state index contributed by atoms with van der Waals surface area (Å²) < 4.78 is 2.03. The van der Waals surface area contributed by atoms with Crippen molar-refractivity contribution in [1.29, 1.82) is 0 Å². The van der Waals surface area contributed by atoms with Crippen LogP contribution in [0.5, 0.6) is 0 Å². The molecule has 17 heavy (non-hydrogen) atoms. The fourth-order valence-electron chi connectivity index (χ4n) is 2.46. The lowest BCUT2D eigenvalue weighted by Gasteiger charge is -2.14. The van der Waals surface area contributed by atoms with Crippen LogP contribution in [0.4, 0.5) is 5.69 Å². The Balaban J connectivity index is 2.22. The maximum atomic E-state index is 11.8. The summed E-state index contributed by atoms with van der Waals surface area (Å²) in [7, 11) is 1.99. The SMILES string of the molecule is Cn1cc(N2CCCC2=O)c2cc(Cl)ccc21. The zero-order valence-corrected chi connectivity index (χ0v) is 10.4. The molecular weight excluding hydrogens is 236 g/mol. The van der Waals surface area contributed by atoms with Gasteiger partial charge in [0.25, 0.3) is 0 Å². The number of halogens is 1. The molecular formula is C13H13ClN2O. The Morgan fingerprint density at radius 2 is 2.18 bits per heavy atom. The Labute approximate surface area is 105 Å². The van der Waals surface area contributed by atoms with E-state index in [1.54, 1.807) is 0 Å². The summed E-state index contributed by atoms with van der Waals surface area (Å²) in [4.78, 5) is 13.7. The molecule has 0 unspecified atom stereocenters. The van der Waals surface area contributed by atoms with Crippen molar-refractivity contribution in [2.24, 2.45) is 7.05 Å². The number of anilines is 1. The molecule has 2 aromatic rings. The largest absolute Gasteiger partial charge is 0.348 e. The number of hydrogen-bond donors (Lipinski definition) is 0. The third-order valence-electron chi connectivity index (χ3n) is 3.29. The van der Waals surface area contributed by atoms with E-state index in [0.29, 0.717) is 11.4 Å². The first kappa shape index (κ1) is 10.7. The van der Waals surface area contributed by atoms with E-state index in [0.717, 1.165) is 29.6 Å². The zero-order chi connectivity index (χ0) is 12.0. The second-order valence-electron chi connectivity index (χ2n) is 4.44. The van der Waals surface area contributed by atoms with E-state index in [1.807, 2.05) is 40.9 Å². The Hall–Kier alpha value is -1.48. The summed E-state index contributed by atoms with van der Waals surface area (Å²) in [5.41, 5.74) is 2.08. The van der Waals surface area contributed by atoms with Gasteiger partial charge in [0.05, 0.1) is 11.2 Å². The molecule has 4 heteroatoms. The van der Waals surface area contributed by atoms with Crippen molar-refractivity contribution < 1.29 is 4.79 Å². The van der Waals surface area contributed by atoms with Gasteiger partial charge in [0.2, 0.25) is 5.91 Å². The quantitative estimate of drug-likeness (QED) is 0.762. The first-order valence-electron chi connectivity index (χ1n) is 5.72. The third kappa shape index (κ3) is 1.62. The van der Waals surface area contributed by atoms with Gasteiger partial charge < -0.3 is 9.47 Å². The summed E-state index contributed by atoms with van der Waals surface area (Å²) in [5.74, 6) is 0.206. The Morgan fingerprint density at radius 1 is 1.35 bits per heavy atom. The van der Waals surface area contributed by atoms with Gasteiger partial charge >= 0.3 is 0 Å². The Morgan fingerprint density at radius 3 is 2.88 bits per heavy atom. The Kier molecular flexibility index (Phi) is 2.37. The maximum Gasteiger partial charge on any atom is 0.227 e. The topological polar surface area (TPSA) is 25.2 Å². The number of hydrogen-bond acceptors (Lipinski definition) is 1. The second-order valence-corrected chi connectivity index (χ2v) is 4.87. The van der Waals surface area contributed by atoms with Crippen molar-refractivity contribution in [3.63, 3.8) is 0 Å². The van der Waals surface area contributed by atoms with Crippen LogP contribution in [0.15, 0.2) is 24.4 Å². The lowest BCUT2D eigenvalue weighted by Crippen LogP contribution is -2.23. The van der Waals surface area contributed by atoms with E-state index in [1.165, 1.54) is 0 Å². The van der Waals surface area contributed by atoms with E-state index in [2.05, 4.69) is 0 Å². The van der Waals surface area contributed by atoms with E-state index in [9.17, 15) is 4.79 Å². The summed E-state index contributed by atoms with van der Waals surface area (Å²) in [6.07, 6.45) is 3.59. The molecule has 0 aliphatic carbocycles. The van der Waals surface area contributed by atoms with Crippen molar-refractivity contribution in [3.8, 4) is 0 Å². The number of aryl methyl sites for hydroxylation is 1. The molecule has 0 atom stereocenters.